The lowest BCUT2D eigenvalue weighted by Crippen LogP contribution is -2.49. The minimum Gasteiger partial charge on any atom is -0.492 e. The Morgan fingerprint density at radius 1 is 1.40 bits per heavy atom. The Bertz CT molecular complexity index is 710. The molecule has 0 unspecified atom stereocenters. The second kappa shape index (κ2) is 8.38. The highest BCUT2D eigenvalue weighted by Crippen LogP contribution is 2.19. The number of halogens is 1. The first-order valence-electron chi connectivity index (χ1n) is 8.25. The monoisotopic (exact) mass is 388 g/mol. The fourth-order valence-electron chi connectivity index (χ4n) is 2.80. The molecule has 1 aromatic rings. The van der Waals surface area contributed by atoms with Gasteiger partial charge >= 0.3 is 0 Å². The molecule has 0 spiro atoms. The van der Waals surface area contributed by atoms with Gasteiger partial charge in [0.1, 0.15) is 12.4 Å². The van der Waals surface area contributed by atoms with Crippen molar-refractivity contribution in [3.63, 3.8) is 0 Å². The molecule has 0 bridgehead atoms. The Morgan fingerprint density at radius 3 is 2.72 bits per heavy atom. The summed E-state index contributed by atoms with van der Waals surface area (Å²) >= 11 is 5.91. The molecule has 2 rings (SSSR count). The molecule has 1 aliphatic heterocycles. The average Bonchev–Trinajstić information content (AvgIpc) is 2.92. The van der Waals surface area contributed by atoms with Crippen molar-refractivity contribution in [3.8, 4) is 5.75 Å². The molecule has 1 aromatic carbocycles. The van der Waals surface area contributed by atoms with E-state index in [0.29, 0.717) is 30.3 Å². The van der Waals surface area contributed by atoms with Crippen LogP contribution in [-0.2, 0) is 14.6 Å². The van der Waals surface area contributed by atoms with Crippen LogP contribution in [0.25, 0.3) is 0 Å². The molecule has 25 heavy (non-hydrogen) atoms. The topological polar surface area (TPSA) is 66.9 Å². The Balaban J connectivity index is 1.82. The van der Waals surface area contributed by atoms with Gasteiger partial charge in [-0.25, -0.2) is 8.42 Å². The second-order valence-corrected chi connectivity index (χ2v) is 9.13. The van der Waals surface area contributed by atoms with E-state index in [2.05, 4.69) is 0 Å². The first kappa shape index (κ1) is 20.0. The molecule has 0 aromatic heterocycles. The van der Waals surface area contributed by atoms with E-state index in [4.69, 9.17) is 16.3 Å². The van der Waals surface area contributed by atoms with Gasteiger partial charge in [-0.15, -0.1) is 0 Å². The third-order valence-corrected chi connectivity index (χ3v) is 6.62. The Labute approximate surface area is 154 Å². The number of ether oxygens (including phenoxy) is 1. The third kappa shape index (κ3) is 5.59. The van der Waals surface area contributed by atoms with Crippen LogP contribution in [0.1, 0.15) is 13.3 Å². The van der Waals surface area contributed by atoms with Crippen molar-refractivity contribution >= 4 is 27.3 Å². The summed E-state index contributed by atoms with van der Waals surface area (Å²) in [5.41, 5.74) is 0. The lowest BCUT2D eigenvalue weighted by Gasteiger charge is -2.31. The molecule has 0 N–H and O–H groups in total. The number of carbonyl (C=O) groups excluding carboxylic acids is 1. The predicted octanol–water partition coefficient (Wildman–Crippen LogP) is 1.68. The number of hydrogen-bond acceptors (Lipinski definition) is 5. The van der Waals surface area contributed by atoms with Gasteiger partial charge < -0.3 is 9.64 Å². The van der Waals surface area contributed by atoms with Gasteiger partial charge in [-0.3, -0.25) is 9.69 Å². The van der Waals surface area contributed by atoms with Gasteiger partial charge in [-0.1, -0.05) is 17.7 Å². The number of hydrogen-bond donors (Lipinski definition) is 0. The van der Waals surface area contributed by atoms with E-state index in [0.717, 1.165) is 0 Å². The van der Waals surface area contributed by atoms with Gasteiger partial charge in [0.15, 0.2) is 9.84 Å². The lowest BCUT2D eigenvalue weighted by molar-refractivity contribution is -0.136. The number of sulfone groups is 1. The summed E-state index contributed by atoms with van der Waals surface area (Å²) in [6, 6.07) is 6.59. The molecule has 1 amide bonds. The van der Waals surface area contributed by atoms with Gasteiger partial charge in [0.25, 0.3) is 0 Å². The van der Waals surface area contributed by atoms with E-state index in [9.17, 15) is 13.2 Å². The van der Waals surface area contributed by atoms with Crippen LogP contribution in [-0.4, -0.2) is 75.0 Å². The van der Waals surface area contributed by atoms with E-state index in [-0.39, 0.29) is 29.5 Å². The smallest absolute Gasteiger partial charge is 0.239 e. The molecule has 0 saturated carbocycles. The molecule has 140 valence electrons. The van der Waals surface area contributed by atoms with Crippen LogP contribution in [0.4, 0.5) is 0 Å². The summed E-state index contributed by atoms with van der Waals surface area (Å²) in [7, 11) is 0.525. The van der Waals surface area contributed by atoms with E-state index in [1.807, 2.05) is 31.0 Å². The lowest BCUT2D eigenvalue weighted by atomic mass is 10.2. The number of likely N-dealkylation sites (N-methyl/N-ethyl adjacent to an activating group) is 2. The Hall–Kier alpha value is -1.31. The molecule has 6 nitrogen and oxygen atoms in total. The molecule has 8 heteroatoms. The largest absolute Gasteiger partial charge is 0.492 e. The van der Waals surface area contributed by atoms with Crippen LogP contribution in [0.15, 0.2) is 24.3 Å². The van der Waals surface area contributed by atoms with E-state index >= 15 is 0 Å². The highest BCUT2D eigenvalue weighted by Gasteiger charge is 2.34. The molecule has 0 radical (unpaired) electrons. The van der Waals surface area contributed by atoms with Crippen LogP contribution in [0, 0.1) is 0 Å². The van der Waals surface area contributed by atoms with Gasteiger partial charge in [0.2, 0.25) is 5.91 Å². The van der Waals surface area contributed by atoms with Crippen molar-refractivity contribution < 1.29 is 17.9 Å². The number of nitrogens with zero attached hydrogens (tertiary/aromatic N) is 2. The van der Waals surface area contributed by atoms with E-state index in [1.54, 1.807) is 24.1 Å². The SMILES string of the molecule is C[C@@H](C(=O)N(C)[C@H]1CCS(=O)(=O)C1)N(C)CCOc1cccc(Cl)c1. The molecular weight excluding hydrogens is 364 g/mol. The van der Waals surface area contributed by atoms with Crippen LogP contribution in [0.5, 0.6) is 5.75 Å². The third-order valence-electron chi connectivity index (χ3n) is 4.63. The first-order chi connectivity index (χ1) is 11.7. The molecule has 1 heterocycles. The summed E-state index contributed by atoms with van der Waals surface area (Å²) in [5, 5.41) is 0.613. The van der Waals surface area contributed by atoms with E-state index in [1.165, 1.54) is 0 Å². The summed E-state index contributed by atoms with van der Waals surface area (Å²) < 4.78 is 28.8. The summed E-state index contributed by atoms with van der Waals surface area (Å²) in [6.07, 6.45) is 0.513. The van der Waals surface area contributed by atoms with Crippen LogP contribution in [0.3, 0.4) is 0 Å². The number of amides is 1. The maximum atomic E-state index is 12.6. The van der Waals surface area contributed by atoms with Crippen molar-refractivity contribution in [2.24, 2.45) is 0 Å². The van der Waals surface area contributed by atoms with Crippen LogP contribution in [0.2, 0.25) is 5.02 Å². The van der Waals surface area contributed by atoms with Crippen molar-refractivity contribution in [3.05, 3.63) is 29.3 Å². The molecule has 1 saturated heterocycles. The minimum absolute atomic E-state index is 0.0591. The zero-order valence-electron chi connectivity index (χ0n) is 14.8. The summed E-state index contributed by atoms with van der Waals surface area (Å²) in [5.74, 6) is 0.830. The highest BCUT2D eigenvalue weighted by molar-refractivity contribution is 7.91. The zero-order chi connectivity index (χ0) is 18.6. The zero-order valence-corrected chi connectivity index (χ0v) is 16.4. The fraction of sp³-hybridized carbons (Fsp3) is 0.588. The second-order valence-electron chi connectivity index (χ2n) is 6.47. The Morgan fingerprint density at radius 2 is 2.12 bits per heavy atom. The molecule has 1 aliphatic rings. The van der Waals surface area contributed by atoms with Gasteiger partial charge in [-0.2, -0.15) is 0 Å². The minimum atomic E-state index is -3.01. The normalized spacial score (nSPS) is 20.4. The highest BCUT2D eigenvalue weighted by atomic mass is 35.5. The van der Waals surface area contributed by atoms with Gasteiger partial charge in [-0.05, 0) is 38.6 Å². The summed E-state index contributed by atoms with van der Waals surface area (Å²) in [4.78, 5) is 16.1. The van der Waals surface area contributed by atoms with Crippen molar-refractivity contribution in [1.29, 1.82) is 0 Å². The molecule has 2 atom stereocenters. The Kier molecular flexibility index (Phi) is 6.71. The fourth-order valence-corrected chi connectivity index (χ4v) is 4.76. The standard InChI is InChI=1S/C17H25ClN2O4S/c1-13(17(21)20(3)15-7-10-25(22,23)12-15)19(2)8-9-24-16-6-4-5-14(18)11-16/h4-6,11,13,15H,7-10,12H2,1-3H3/t13-,15-/m0/s1. The molecule has 0 aliphatic carbocycles. The summed E-state index contributed by atoms with van der Waals surface area (Å²) in [6.45, 7) is 2.81. The number of rotatable bonds is 7. The molecular formula is C17H25ClN2O4S. The van der Waals surface area contributed by atoms with Crippen molar-refractivity contribution in [2.75, 3.05) is 38.8 Å². The number of benzene rings is 1. The van der Waals surface area contributed by atoms with Crippen LogP contribution >= 0.6 is 11.6 Å². The van der Waals surface area contributed by atoms with E-state index < -0.39 is 9.84 Å². The first-order valence-corrected chi connectivity index (χ1v) is 10.5. The van der Waals surface area contributed by atoms with Crippen molar-refractivity contribution in [2.45, 2.75) is 25.4 Å². The maximum absolute atomic E-state index is 12.6. The van der Waals surface area contributed by atoms with Crippen LogP contribution < -0.4 is 4.74 Å². The van der Waals surface area contributed by atoms with Gasteiger partial charge in [0, 0.05) is 24.7 Å². The maximum Gasteiger partial charge on any atom is 0.239 e. The quantitative estimate of drug-likeness (QED) is 0.711. The van der Waals surface area contributed by atoms with Crippen molar-refractivity contribution in [1.82, 2.24) is 9.80 Å². The molecule has 1 fully saturated rings. The predicted molar refractivity (Wildman–Crippen MR) is 98.9 cm³/mol. The number of carbonyl (C=O) groups is 1. The van der Waals surface area contributed by atoms with Gasteiger partial charge in [0.05, 0.1) is 17.5 Å². The average molecular weight is 389 g/mol.